The van der Waals surface area contributed by atoms with E-state index < -0.39 is 0 Å². The molecule has 1 fully saturated rings. The van der Waals surface area contributed by atoms with Crippen molar-refractivity contribution in [1.29, 1.82) is 0 Å². The molecule has 160 valence electrons. The van der Waals surface area contributed by atoms with Gasteiger partial charge in [0, 0.05) is 30.9 Å². The summed E-state index contributed by atoms with van der Waals surface area (Å²) in [5.74, 6) is 0.0836. The first-order chi connectivity index (χ1) is 15.1. The zero-order valence-corrected chi connectivity index (χ0v) is 18.1. The van der Waals surface area contributed by atoms with Gasteiger partial charge in [0.25, 0.3) is 5.91 Å². The smallest absolute Gasteiger partial charge is 0.254 e. The van der Waals surface area contributed by atoms with Crippen LogP contribution in [0.4, 0.5) is 5.69 Å². The van der Waals surface area contributed by atoms with E-state index in [1.54, 1.807) is 31.3 Å². The van der Waals surface area contributed by atoms with Gasteiger partial charge in [-0.05, 0) is 59.5 Å². The van der Waals surface area contributed by atoms with Crippen molar-refractivity contribution in [2.45, 2.75) is 30.5 Å². The number of nitrogens with zero attached hydrogens (tertiary/aromatic N) is 5. The predicted molar refractivity (Wildman–Crippen MR) is 119 cm³/mol. The molecule has 8 nitrogen and oxygen atoms in total. The van der Waals surface area contributed by atoms with Gasteiger partial charge in [0.1, 0.15) is 0 Å². The molecule has 1 saturated heterocycles. The van der Waals surface area contributed by atoms with Gasteiger partial charge in [0.2, 0.25) is 11.1 Å². The number of nitrogens with one attached hydrogen (secondary N) is 1. The quantitative estimate of drug-likeness (QED) is 0.573. The number of hydrogen-bond acceptors (Lipinski definition) is 6. The number of thioether (sulfide) groups is 1. The number of benzene rings is 2. The molecule has 3 aromatic rings. The van der Waals surface area contributed by atoms with Crippen molar-refractivity contribution in [3.05, 3.63) is 65.7 Å². The second kappa shape index (κ2) is 9.74. The zero-order valence-electron chi connectivity index (χ0n) is 17.3. The van der Waals surface area contributed by atoms with Crippen LogP contribution in [0.5, 0.6) is 0 Å². The van der Waals surface area contributed by atoms with Crippen molar-refractivity contribution < 1.29 is 9.59 Å². The SMILES string of the molecule is Cn1nnnc1SCC(=O)Nc1ccc(C(=O)N2CCCC2Cc2ccccc2)cc1. The van der Waals surface area contributed by atoms with Crippen molar-refractivity contribution >= 4 is 29.3 Å². The van der Waals surface area contributed by atoms with E-state index in [-0.39, 0.29) is 23.6 Å². The van der Waals surface area contributed by atoms with Crippen molar-refractivity contribution in [2.24, 2.45) is 7.05 Å². The van der Waals surface area contributed by atoms with E-state index in [0.29, 0.717) is 16.4 Å². The summed E-state index contributed by atoms with van der Waals surface area (Å²) in [5.41, 5.74) is 2.54. The van der Waals surface area contributed by atoms with Gasteiger partial charge in [-0.3, -0.25) is 9.59 Å². The van der Waals surface area contributed by atoms with E-state index in [9.17, 15) is 9.59 Å². The summed E-state index contributed by atoms with van der Waals surface area (Å²) in [6.07, 6.45) is 2.92. The first-order valence-electron chi connectivity index (χ1n) is 10.2. The van der Waals surface area contributed by atoms with Gasteiger partial charge in [-0.1, -0.05) is 42.1 Å². The van der Waals surface area contributed by atoms with E-state index in [1.807, 2.05) is 23.1 Å². The third kappa shape index (κ3) is 5.29. The molecule has 2 amide bonds. The lowest BCUT2D eigenvalue weighted by atomic mass is 10.0. The molecular weight excluding hydrogens is 412 g/mol. The molecule has 4 rings (SSSR count). The fourth-order valence-corrected chi connectivity index (χ4v) is 4.38. The summed E-state index contributed by atoms with van der Waals surface area (Å²) in [6.45, 7) is 0.781. The lowest BCUT2D eigenvalue weighted by Gasteiger charge is -2.25. The Morgan fingerprint density at radius 2 is 1.90 bits per heavy atom. The molecule has 9 heteroatoms. The molecule has 1 atom stereocenters. The number of aryl methyl sites for hydroxylation is 1. The molecule has 0 saturated carbocycles. The molecule has 1 unspecified atom stereocenters. The maximum atomic E-state index is 13.1. The minimum absolute atomic E-state index is 0.0432. The Bertz CT molecular complexity index is 1040. The Morgan fingerprint density at radius 3 is 2.61 bits per heavy atom. The van der Waals surface area contributed by atoms with Crippen LogP contribution in [-0.4, -0.2) is 55.3 Å². The molecule has 1 N–H and O–H groups in total. The van der Waals surface area contributed by atoms with Gasteiger partial charge >= 0.3 is 0 Å². The number of hydrogen-bond donors (Lipinski definition) is 1. The Morgan fingerprint density at radius 1 is 1.13 bits per heavy atom. The van der Waals surface area contributed by atoms with E-state index >= 15 is 0 Å². The third-order valence-corrected chi connectivity index (χ3v) is 6.29. The molecule has 0 bridgehead atoms. The lowest BCUT2D eigenvalue weighted by molar-refractivity contribution is -0.113. The minimum Gasteiger partial charge on any atom is -0.335 e. The van der Waals surface area contributed by atoms with Crippen LogP contribution in [0.2, 0.25) is 0 Å². The van der Waals surface area contributed by atoms with Gasteiger partial charge in [0.15, 0.2) is 0 Å². The lowest BCUT2D eigenvalue weighted by Crippen LogP contribution is -2.36. The Hall–Kier alpha value is -3.20. The Labute approximate surface area is 185 Å². The summed E-state index contributed by atoms with van der Waals surface area (Å²) in [7, 11) is 1.72. The van der Waals surface area contributed by atoms with Crippen molar-refractivity contribution in [3.63, 3.8) is 0 Å². The van der Waals surface area contributed by atoms with Crippen molar-refractivity contribution in [2.75, 3.05) is 17.6 Å². The van der Waals surface area contributed by atoms with E-state index in [4.69, 9.17) is 0 Å². The number of carbonyl (C=O) groups excluding carboxylic acids is 2. The molecule has 31 heavy (non-hydrogen) atoms. The van der Waals surface area contributed by atoms with Crippen LogP contribution in [0.1, 0.15) is 28.8 Å². The molecule has 1 aliphatic rings. The highest BCUT2D eigenvalue weighted by Crippen LogP contribution is 2.24. The number of tetrazole rings is 1. The van der Waals surface area contributed by atoms with E-state index in [2.05, 4.69) is 33.0 Å². The van der Waals surface area contributed by atoms with Crippen LogP contribution >= 0.6 is 11.8 Å². The highest BCUT2D eigenvalue weighted by atomic mass is 32.2. The summed E-state index contributed by atoms with van der Waals surface area (Å²) >= 11 is 1.26. The van der Waals surface area contributed by atoms with Gasteiger partial charge < -0.3 is 10.2 Å². The Kier molecular flexibility index (Phi) is 6.61. The van der Waals surface area contributed by atoms with E-state index in [1.165, 1.54) is 22.0 Å². The highest BCUT2D eigenvalue weighted by Gasteiger charge is 2.29. The largest absolute Gasteiger partial charge is 0.335 e. The predicted octanol–water partition coefficient (Wildman–Crippen LogP) is 2.79. The average Bonchev–Trinajstić information content (AvgIpc) is 3.42. The topological polar surface area (TPSA) is 93.0 Å². The monoisotopic (exact) mass is 436 g/mol. The standard InChI is InChI=1S/C22H24N6O2S/c1-27-22(24-25-26-27)31-15-20(29)23-18-11-9-17(10-12-18)21(30)28-13-5-8-19(28)14-16-6-3-2-4-7-16/h2-4,6-7,9-12,19H,5,8,13-15H2,1H3,(H,23,29). The van der Waals surface area contributed by atoms with Gasteiger partial charge in [-0.25, -0.2) is 4.68 Å². The maximum absolute atomic E-state index is 13.1. The van der Waals surface area contributed by atoms with E-state index in [0.717, 1.165) is 25.8 Å². The Balaban J connectivity index is 1.33. The summed E-state index contributed by atoms with van der Waals surface area (Å²) in [6, 6.07) is 17.6. The average molecular weight is 437 g/mol. The minimum atomic E-state index is -0.158. The molecule has 2 aromatic carbocycles. The number of anilines is 1. The summed E-state index contributed by atoms with van der Waals surface area (Å²) in [5, 5.41) is 14.5. The first kappa shape index (κ1) is 21.0. The molecular formula is C22H24N6O2S. The maximum Gasteiger partial charge on any atom is 0.254 e. The molecule has 1 aliphatic heterocycles. The fraction of sp³-hybridized carbons (Fsp3) is 0.318. The first-order valence-corrected chi connectivity index (χ1v) is 11.2. The highest BCUT2D eigenvalue weighted by molar-refractivity contribution is 7.99. The van der Waals surface area contributed by atoms with Gasteiger partial charge in [-0.2, -0.15) is 0 Å². The molecule has 0 radical (unpaired) electrons. The van der Waals surface area contributed by atoms with Gasteiger partial charge in [0.05, 0.1) is 5.75 Å². The molecule has 2 heterocycles. The van der Waals surface area contributed by atoms with Crippen LogP contribution in [-0.2, 0) is 18.3 Å². The number of aromatic nitrogens is 4. The van der Waals surface area contributed by atoms with Crippen LogP contribution in [0.25, 0.3) is 0 Å². The van der Waals surface area contributed by atoms with Crippen LogP contribution in [0, 0.1) is 0 Å². The normalized spacial score (nSPS) is 15.8. The van der Waals surface area contributed by atoms with Crippen LogP contribution in [0.15, 0.2) is 59.8 Å². The molecule has 1 aromatic heterocycles. The second-order valence-electron chi connectivity index (χ2n) is 7.48. The fourth-order valence-electron chi connectivity index (χ4n) is 3.73. The number of likely N-dealkylation sites (tertiary alicyclic amines) is 1. The van der Waals surface area contributed by atoms with Crippen molar-refractivity contribution in [1.82, 2.24) is 25.1 Å². The molecule has 0 aliphatic carbocycles. The van der Waals surface area contributed by atoms with Crippen molar-refractivity contribution in [3.8, 4) is 0 Å². The van der Waals surface area contributed by atoms with Gasteiger partial charge in [-0.15, -0.1) is 5.10 Å². The van der Waals surface area contributed by atoms with Crippen LogP contribution < -0.4 is 5.32 Å². The zero-order chi connectivity index (χ0) is 21.6. The third-order valence-electron chi connectivity index (χ3n) is 5.28. The number of carbonyl (C=O) groups is 2. The number of amides is 2. The second-order valence-corrected chi connectivity index (χ2v) is 8.43. The summed E-state index contributed by atoms with van der Waals surface area (Å²) < 4.78 is 1.52. The number of rotatable bonds is 7. The van der Waals surface area contributed by atoms with Crippen LogP contribution in [0.3, 0.4) is 0 Å². The summed E-state index contributed by atoms with van der Waals surface area (Å²) in [4.78, 5) is 27.2. The molecule has 0 spiro atoms.